The van der Waals surface area contributed by atoms with Crippen LogP contribution in [0.5, 0.6) is 0 Å². The molecule has 0 spiro atoms. The zero-order valence-corrected chi connectivity index (χ0v) is 22.2. The first-order valence-corrected chi connectivity index (χ1v) is 13.3. The van der Waals surface area contributed by atoms with Crippen molar-refractivity contribution in [3.05, 3.63) is 59.7 Å². The van der Waals surface area contributed by atoms with Crippen molar-refractivity contribution in [1.82, 2.24) is 9.80 Å². The zero-order chi connectivity index (χ0) is 24.4. The Morgan fingerprint density at radius 1 is 0.529 bits per heavy atom. The number of likely N-dealkylation sites (N-methyl/N-ethyl adjacent to an activating group) is 2. The second kappa shape index (κ2) is 17.7. The molecule has 34 heavy (non-hydrogen) atoms. The number of ether oxygens (including phenoxy) is 2. The van der Waals surface area contributed by atoms with Gasteiger partial charge in [-0.25, -0.2) is 0 Å². The Kier molecular flexibility index (Phi) is 14.8. The predicted octanol–water partition coefficient (Wildman–Crippen LogP) is 6.63. The van der Waals surface area contributed by atoms with Crippen LogP contribution in [0, 0.1) is 0 Å². The van der Waals surface area contributed by atoms with Gasteiger partial charge in [-0.3, -0.25) is 0 Å². The smallest absolute Gasteiger partial charge is 0.0717 e. The highest BCUT2D eigenvalue weighted by molar-refractivity contribution is 5.63. The summed E-state index contributed by atoms with van der Waals surface area (Å²) in [5, 5.41) is 0. The van der Waals surface area contributed by atoms with E-state index in [4.69, 9.17) is 9.47 Å². The lowest BCUT2D eigenvalue weighted by molar-refractivity contribution is 0.0991. The van der Waals surface area contributed by atoms with Crippen molar-refractivity contribution in [3.8, 4) is 11.1 Å². The minimum Gasteiger partial charge on any atom is -0.375 e. The molecule has 0 aromatic heterocycles. The van der Waals surface area contributed by atoms with E-state index >= 15 is 0 Å². The molecule has 0 unspecified atom stereocenters. The maximum Gasteiger partial charge on any atom is 0.0717 e. The van der Waals surface area contributed by atoms with E-state index in [0.29, 0.717) is 13.2 Å². The molecule has 0 amide bonds. The maximum atomic E-state index is 5.89. The Hall–Kier alpha value is -1.72. The van der Waals surface area contributed by atoms with Gasteiger partial charge < -0.3 is 19.3 Å². The van der Waals surface area contributed by atoms with Gasteiger partial charge in [0.25, 0.3) is 0 Å². The monoisotopic (exact) mass is 468 g/mol. The van der Waals surface area contributed by atoms with Crippen LogP contribution in [0.1, 0.15) is 63.5 Å². The van der Waals surface area contributed by atoms with Gasteiger partial charge in [0.15, 0.2) is 0 Å². The van der Waals surface area contributed by atoms with Crippen molar-refractivity contribution < 1.29 is 9.47 Å². The van der Waals surface area contributed by atoms with Crippen LogP contribution in [0.4, 0.5) is 0 Å². The molecule has 0 radical (unpaired) electrons. The molecule has 190 valence electrons. The fraction of sp³-hybridized carbons (Fsp3) is 0.600. The highest BCUT2D eigenvalue weighted by atomic mass is 16.5. The van der Waals surface area contributed by atoms with E-state index in [1.807, 2.05) is 0 Å². The van der Waals surface area contributed by atoms with Gasteiger partial charge >= 0.3 is 0 Å². The lowest BCUT2D eigenvalue weighted by Crippen LogP contribution is -2.24. The summed E-state index contributed by atoms with van der Waals surface area (Å²) in [6, 6.07) is 17.5. The fourth-order valence-corrected chi connectivity index (χ4v) is 3.89. The Morgan fingerprint density at radius 3 is 1.26 bits per heavy atom. The summed E-state index contributed by atoms with van der Waals surface area (Å²) in [6.45, 7) is 11.7. The standard InChI is InChI=1S/C30H48N2O2/c1-5-7-9-19-31(3)21-23-33-25-27-11-15-29(16-12-27)30-17-13-28(14-18-30)26-34-24-22-32(4)20-10-8-6-2/h11-18H,5-10,19-26H2,1-4H3. The zero-order valence-electron chi connectivity index (χ0n) is 22.2. The van der Waals surface area contributed by atoms with Crippen molar-refractivity contribution in [1.29, 1.82) is 0 Å². The summed E-state index contributed by atoms with van der Waals surface area (Å²) in [4.78, 5) is 4.72. The molecule has 2 aromatic carbocycles. The average molecular weight is 469 g/mol. The van der Waals surface area contributed by atoms with Crippen LogP contribution in [0.15, 0.2) is 48.5 Å². The third-order valence-electron chi connectivity index (χ3n) is 6.30. The van der Waals surface area contributed by atoms with Gasteiger partial charge in [0.2, 0.25) is 0 Å². The summed E-state index contributed by atoms with van der Waals surface area (Å²) >= 11 is 0. The van der Waals surface area contributed by atoms with E-state index in [1.54, 1.807) is 0 Å². The molecule has 0 bridgehead atoms. The summed E-state index contributed by atoms with van der Waals surface area (Å²) < 4.78 is 11.8. The van der Waals surface area contributed by atoms with E-state index in [1.165, 1.54) is 60.8 Å². The van der Waals surface area contributed by atoms with E-state index in [-0.39, 0.29) is 0 Å². The lowest BCUT2D eigenvalue weighted by atomic mass is 10.0. The number of rotatable bonds is 19. The number of hydrogen-bond donors (Lipinski definition) is 0. The summed E-state index contributed by atoms with van der Waals surface area (Å²) in [5.74, 6) is 0. The topological polar surface area (TPSA) is 24.9 Å². The van der Waals surface area contributed by atoms with Gasteiger partial charge in [0, 0.05) is 13.1 Å². The largest absolute Gasteiger partial charge is 0.375 e. The molecule has 4 heteroatoms. The first-order chi connectivity index (χ1) is 16.6. The molecule has 2 rings (SSSR count). The van der Waals surface area contributed by atoms with Gasteiger partial charge in [-0.15, -0.1) is 0 Å². The SMILES string of the molecule is CCCCCN(C)CCOCc1ccc(-c2ccc(COCCN(C)CCCCC)cc2)cc1. The summed E-state index contributed by atoms with van der Waals surface area (Å²) in [7, 11) is 4.36. The van der Waals surface area contributed by atoms with Crippen molar-refractivity contribution in [3.63, 3.8) is 0 Å². The van der Waals surface area contributed by atoms with Crippen LogP contribution >= 0.6 is 0 Å². The summed E-state index contributed by atoms with van der Waals surface area (Å²) in [5.41, 5.74) is 4.92. The molecule has 0 saturated carbocycles. The first-order valence-electron chi connectivity index (χ1n) is 13.3. The highest BCUT2D eigenvalue weighted by Gasteiger charge is 2.02. The molecule has 0 heterocycles. The van der Waals surface area contributed by atoms with Crippen molar-refractivity contribution >= 4 is 0 Å². The Bertz CT molecular complexity index is 680. The first kappa shape index (κ1) is 28.5. The van der Waals surface area contributed by atoms with Crippen LogP contribution in [-0.2, 0) is 22.7 Å². The van der Waals surface area contributed by atoms with Gasteiger partial charge in [0.05, 0.1) is 26.4 Å². The van der Waals surface area contributed by atoms with E-state index in [9.17, 15) is 0 Å². The van der Waals surface area contributed by atoms with Crippen LogP contribution in [0.3, 0.4) is 0 Å². The predicted molar refractivity (Wildman–Crippen MR) is 145 cm³/mol. The molecule has 0 aliphatic rings. The Balaban J connectivity index is 1.65. The Morgan fingerprint density at radius 2 is 0.912 bits per heavy atom. The minimum atomic E-state index is 0.674. The van der Waals surface area contributed by atoms with Crippen LogP contribution in [0.2, 0.25) is 0 Å². The third kappa shape index (κ3) is 12.1. The normalized spacial score (nSPS) is 11.6. The second-order valence-corrected chi connectivity index (χ2v) is 9.52. The number of nitrogens with zero attached hydrogens (tertiary/aromatic N) is 2. The van der Waals surface area contributed by atoms with Crippen LogP contribution in [-0.4, -0.2) is 63.3 Å². The molecule has 0 aliphatic carbocycles. The second-order valence-electron chi connectivity index (χ2n) is 9.52. The molecular weight excluding hydrogens is 420 g/mol. The molecule has 2 aromatic rings. The minimum absolute atomic E-state index is 0.674. The maximum absolute atomic E-state index is 5.89. The van der Waals surface area contributed by atoms with Gasteiger partial charge in [-0.2, -0.15) is 0 Å². The molecule has 0 N–H and O–H groups in total. The van der Waals surface area contributed by atoms with Crippen molar-refractivity contribution in [2.24, 2.45) is 0 Å². The fourth-order valence-electron chi connectivity index (χ4n) is 3.89. The van der Waals surface area contributed by atoms with E-state index < -0.39 is 0 Å². The summed E-state index contributed by atoms with van der Waals surface area (Å²) in [6.07, 6.45) is 7.72. The number of benzene rings is 2. The molecule has 0 fully saturated rings. The van der Waals surface area contributed by atoms with E-state index in [0.717, 1.165) is 39.4 Å². The van der Waals surface area contributed by atoms with Crippen LogP contribution < -0.4 is 0 Å². The van der Waals surface area contributed by atoms with Gasteiger partial charge in [-0.05, 0) is 62.3 Å². The molecule has 0 aliphatic heterocycles. The van der Waals surface area contributed by atoms with Crippen molar-refractivity contribution in [2.75, 3.05) is 53.5 Å². The van der Waals surface area contributed by atoms with Gasteiger partial charge in [-0.1, -0.05) is 88.1 Å². The van der Waals surface area contributed by atoms with Crippen LogP contribution in [0.25, 0.3) is 11.1 Å². The van der Waals surface area contributed by atoms with Crippen molar-refractivity contribution in [2.45, 2.75) is 65.6 Å². The number of unbranched alkanes of at least 4 members (excludes halogenated alkanes) is 4. The lowest BCUT2D eigenvalue weighted by Gasteiger charge is -2.16. The Labute approximate surface area is 209 Å². The molecule has 0 atom stereocenters. The highest BCUT2D eigenvalue weighted by Crippen LogP contribution is 2.21. The van der Waals surface area contributed by atoms with Gasteiger partial charge in [0.1, 0.15) is 0 Å². The molecule has 4 nitrogen and oxygen atoms in total. The third-order valence-corrected chi connectivity index (χ3v) is 6.30. The average Bonchev–Trinajstić information content (AvgIpc) is 2.86. The molecular formula is C30H48N2O2. The molecule has 0 saturated heterocycles. The quantitative estimate of drug-likeness (QED) is 0.216. The van der Waals surface area contributed by atoms with E-state index in [2.05, 4.69) is 86.3 Å². The number of hydrogen-bond acceptors (Lipinski definition) is 4.